The summed E-state index contributed by atoms with van der Waals surface area (Å²) in [7, 11) is 0. The molecule has 0 spiro atoms. The minimum atomic E-state index is 0.316. The van der Waals surface area contributed by atoms with Gasteiger partial charge in [0.25, 0.3) is 0 Å². The monoisotopic (exact) mass is 312 g/mol. The van der Waals surface area contributed by atoms with Gasteiger partial charge in [-0.05, 0) is 19.9 Å². The molecule has 2 heterocycles. The molecule has 22 heavy (non-hydrogen) atoms. The molecule has 0 aliphatic carbocycles. The smallest absolute Gasteiger partial charge is 0.123 e. The van der Waals surface area contributed by atoms with E-state index in [-0.39, 0.29) is 0 Å². The maximum Gasteiger partial charge on any atom is 0.123 e. The van der Waals surface area contributed by atoms with Crippen molar-refractivity contribution in [3.63, 3.8) is 0 Å². The Morgan fingerprint density at radius 1 is 1.18 bits per heavy atom. The summed E-state index contributed by atoms with van der Waals surface area (Å²) in [5, 5.41) is 8.94. The van der Waals surface area contributed by atoms with Gasteiger partial charge in [0.1, 0.15) is 5.01 Å². The lowest BCUT2D eigenvalue weighted by Gasteiger charge is -2.21. The van der Waals surface area contributed by atoms with E-state index in [9.17, 15) is 0 Å². The number of hydrogen-bond donors (Lipinski definition) is 1. The van der Waals surface area contributed by atoms with Gasteiger partial charge in [-0.15, -0.1) is 11.3 Å². The molecule has 0 radical (unpaired) electrons. The molecule has 0 fully saturated rings. The summed E-state index contributed by atoms with van der Waals surface area (Å²) < 4.78 is 1.99. The molecule has 5 heteroatoms. The molecule has 0 amide bonds. The Balaban J connectivity index is 1.59. The number of thiazole rings is 1. The second-order valence-corrected chi connectivity index (χ2v) is 6.51. The fraction of sp³-hybridized carbons (Fsp3) is 0.294. The van der Waals surface area contributed by atoms with Crippen molar-refractivity contribution >= 4 is 11.3 Å². The third-order valence-electron chi connectivity index (χ3n) is 3.84. The van der Waals surface area contributed by atoms with Crippen LogP contribution in [0.1, 0.15) is 24.8 Å². The third-order valence-corrected chi connectivity index (χ3v) is 4.88. The number of nitrogens with zero attached hydrogens (tertiary/aromatic N) is 3. The van der Waals surface area contributed by atoms with Crippen LogP contribution in [-0.4, -0.2) is 20.8 Å². The Hall–Kier alpha value is -1.98. The van der Waals surface area contributed by atoms with Gasteiger partial charge in [-0.25, -0.2) is 4.98 Å². The molecule has 0 aliphatic heterocycles. The maximum atomic E-state index is 4.52. The highest BCUT2D eigenvalue weighted by molar-refractivity contribution is 7.15. The van der Waals surface area contributed by atoms with E-state index in [1.807, 2.05) is 47.5 Å². The van der Waals surface area contributed by atoms with E-state index in [4.69, 9.17) is 0 Å². The van der Waals surface area contributed by atoms with Crippen molar-refractivity contribution in [3.8, 4) is 10.6 Å². The molecule has 3 rings (SSSR count). The standard InChI is InChI=1S/C17H20N4S/c1-13(14(2)21-10-6-9-20-21)18-11-16-12-19-17(22-16)15-7-4-3-5-8-15/h3-10,12-14,18H,11H2,1-2H3/t13-,14+/m1/s1. The Bertz CT molecular complexity index is 691. The summed E-state index contributed by atoms with van der Waals surface area (Å²) in [5.74, 6) is 0. The lowest BCUT2D eigenvalue weighted by molar-refractivity contribution is 0.366. The second-order valence-electron chi connectivity index (χ2n) is 5.39. The van der Waals surface area contributed by atoms with Crippen LogP contribution in [0.15, 0.2) is 55.0 Å². The van der Waals surface area contributed by atoms with Crippen LogP contribution < -0.4 is 5.32 Å². The van der Waals surface area contributed by atoms with Gasteiger partial charge in [0.2, 0.25) is 0 Å². The molecule has 3 aromatic rings. The van der Waals surface area contributed by atoms with Crippen molar-refractivity contribution < 1.29 is 0 Å². The molecular weight excluding hydrogens is 292 g/mol. The first-order valence-electron chi connectivity index (χ1n) is 7.46. The molecular formula is C17H20N4S. The molecule has 1 N–H and O–H groups in total. The fourth-order valence-electron chi connectivity index (χ4n) is 2.29. The first kappa shape index (κ1) is 14.9. The zero-order chi connectivity index (χ0) is 15.4. The predicted octanol–water partition coefficient (Wildman–Crippen LogP) is 3.75. The minimum Gasteiger partial charge on any atom is -0.307 e. The van der Waals surface area contributed by atoms with E-state index in [1.54, 1.807) is 11.3 Å². The summed E-state index contributed by atoms with van der Waals surface area (Å²) >= 11 is 1.74. The molecule has 2 atom stereocenters. The van der Waals surface area contributed by atoms with E-state index in [0.717, 1.165) is 11.6 Å². The summed E-state index contributed by atoms with van der Waals surface area (Å²) in [5.41, 5.74) is 1.18. The first-order chi connectivity index (χ1) is 10.7. The van der Waals surface area contributed by atoms with Gasteiger partial charge in [-0.1, -0.05) is 30.3 Å². The fourth-order valence-corrected chi connectivity index (χ4v) is 3.15. The predicted molar refractivity (Wildman–Crippen MR) is 90.8 cm³/mol. The summed E-state index contributed by atoms with van der Waals surface area (Å²) in [4.78, 5) is 5.77. The Morgan fingerprint density at radius 2 is 2.00 bits per heavy atom. The zero-order valence-corrected chi connectivity index (χ0v) is 13.6. The summed E-state index contributed by atoms with van der Waals surface area (Å²) in [6.07, 6.45) is 5.78. The van der Waals surface area contributed by atoms with Crippen molar-refractivity contribution in [1.29, 1.82) is 0 Å². The van der Waals surface area contributed by atoms with Crippen LogP contribution in [0.4, 0.5) is 0 Å². The quantitative estimate of drug-likeness (QED) is 0.754. The van der Waals surface area contributed by atoms with Crippen LogP contribution >= 0.6 is 11.3 Å². The zero-order valence-electron chi connectivity index (χ0n) is 12.8. The lowest BCUT2D eigenvalue weighted by Crippen LogP contribution is -2.33. The average molecular weight is 312 g/mol. The van der Waals surface area contributed by atoms with Gasteiger partial charge in [0, 0.05) is 41.6 Å². The van der Waals surface area contributed by atoms with Crippen molar-refractivity contribution in [2.24, 2.45) is 0 Å². The highest BCUT2D eigenvalue weighted by Gasteiger charge is 2.14. The van der Waals surface area contributed by atoms with Crippen LogP contribution in [0.5, 0.6) is 0 Å². The Labute approximate surface area is 134 Å². The van der Waals surface area contributed by atoms with Crippen LogP contribution in [0.2, 0.25) is 0 Å². The van der Waals surface area contributed by atoms with Gasteiger partial charge < -0.3 is 5.32 Å². The maximum absolute atomic E-state index is 4.52. The van der Waals surface area contributed by atoms with Crippen molar-refractivity contribution in [3.05, 3.63) is 59.9 Å². The Kier molecular flexibility index (Phi) is 4.65. The van der Waals surface area contributed by atoms with E-state index in [1.165, 1.54) is 10.4 Å². The van der Waals surface area contributed by atoms with Gasteiger partial charge in [0.05, 0.1) is 6.04 Å². The molecule has 0 aliphatic rings. The number of hydrogen-bond acceptors (Lipinski definition) is 4. The lowest BCUT2D eigenvalue weighted by atomic mass is 10.2. The molecule has 4 nitrogen and oxygen atoms in total. The number of aromatic nitrogens is 3. The number of benzene rings is 1. The van der Waals surface area contributed by atoms with Crippen LogP contribution in [0, 0.1) is 0 Å². The average Bonchev–Trinajstić information content (AvgIpc) is 3.24. The number of nitrogens with one attached hydrogen (secondary N) is 1. The van der Waals surface area contributed by atoms with Gasteiger partial charge in [-0.2, -0.15) is 5.10 Å². The highest BCUT2D eigenvalue weighted by Crippen LogP contribution is 2.24. The number of rotatable bonds is 6. The SMILES string of the molecule is C[C@@H](NCc1cnc(-c2ccccc2)s1)[C@H](C)n1cccn1. The first-order valence-corrected chi connectivity index (χ1v) is 8.28. The second kappa shape index (κ2) is 6.85. The molecule has 0 saturated carbocycles. The molecule has 0 unspecified atom stereocenters. The molecule has 114 valence electrons. The third kappa shape index (κ3) is 3.43. The van der Waals surface area contributed by atoms with Gasteiger partial charge in [-0.3, -0.25) is 4.68 Å². The highest BCUT2D eigenvalue weighted by atomic mass is 32.1. The molecule has 0 saturated heterocycles. The van der Waals surface area contributed by atoms with E-state index in [2.05, 4.69) is 41.4 Å². The Morgan fingerprint density at radius 3 is 2.73 bits per heavy atom. The molecule has 2 aromatic heterocycles. The van der Waals surface area contributed by atoms with Crippen LogP contribution in [0.3, 0.4) is 0 Å². The molecule has 1 aromatic carbocycles. The van der Waals surface area contributed by atoms with Gasteiger partial charge >= 0.3 is 0 Å². The molecule has 0 bridgehead atoms. The van der Waals surface area contributed by atoms with Crippen molar-refractivity contribution in [1.82, 2.24) is 20.1 Å². The van der Waals surface area contributed by atoms with E-state index >= 15 is 0 Å². The minimum absolute atomic E-state index is 0.316. The van der Waals surface area contributed by atoms with Crippen LogP contribution in [0.25, 0.3) is 10.6 Å². The summed E-state index contributed by atoms with van der Waals surface area (Å²) in [6.45, 7) is 5.19. The van der Waals surface area contributed by atoms with E-state index < -0.39 is 0 Å². The van der Waals surface area contributed by atoms with Crippen molar-refractivity contribution in [2.45, 2.75) is 32.5 Å². The topological polar surface area (TPSA) is 42.7 Å². The largest absolute Gasteiger partial charge is 0.307 e. The van der Waals surface area contributed by atoms with Crippen molar-refractivity contribution in [2.75, 3.05) is 0 Å². The summed E-state index contributed by atoms with van der Waals surface area (Å²) in [6, 6.07) is 12.9. The van der Waals surface area contributed by atoms with Crippen LogP contribution in [-0.2, 0) is 6.54 Å². The normalized spacial score (nSPS) is 13.9. The van der Waals surface area contributed by atoms with Gasteiger partial charge in [0.15, 0.2) is 0 Å². The van der Waals surface area contributed by atoms with E-state index in [0.29, 0.717) is 12.1 Å².